The molecule has 0 aliphatic carbocycles. The van der Waals surface area contributed by atoms with Crippen LogP contribution in [0.2, 0.25) is 0 Å². The highest BCUT2D eigenvalue weighted by molar-refractivity contribution is 5.90. The van der Waals surface area contributed by atoms with Gasteiger partial charge in [0.15, 0.2) is 0 Å². The molecule has 0 N–H and O–H groups in total. The standard InChI is InChI=1S/C14H7F4N3/c15-11-2-1-8(14(16,17)18)5-9(11)10-6-19-7-12-13(10)21-4-3-20-12/h1-7H. The fourth-order valence-electron chi connectivity index (χ4n) is 2.00. The number of hydrogen-bond acceptors (Lipinski definition) is 3. The van der Waals surface area contributed by atoms with E-state index in [1.165, 1.54) is 24.8 Å². The Labute approximate surface area is 116 Å². The van der Waals surface area contributed by atoms with Crippen LogP contribution in [-0.4, -0.2) is 15.0 Å². The van der Waals surface area contributed by atoms with Gasteiger partial charge < -0.3 is 0 Å². The van der Waals surface area contributed by atoms with E-state index < -0.39 is 17.6 Å². The molecule has 0 bridgehead atoms. The highest BCUT2D eigenvalue weighted by Gasteiger charge is 2.31. The smallest absolute Gasteiger partial charge is 0.262 e. The molecule has 0 aliphatic heterocycles. The van der Waals surface area contributed by atoms with Crippen molar-refractivity contribution in [2.24, 2.45) is 0 Å². The van der Waals surface area contributed by atoms with Crippen LogP contribution in [0.15, 0.2) is 43.0 Å². The lowest BCUT2D eigenvalue weighted by atomic mass is 10.0. The molecule has 106 valence electrons. The predicted molar refractivity (Wildman–Crippen MR) is 67.7 cm³/mol. The molecule has 0 aliphatic rings. The van der Waals surface area contributed by atoms with Crippen molar-refractivity contribution in [2.75, 3.05) is 0 Å². The van der Waals surface area contributed by atoms with Gasteiger partial charge in [-0.2, -0.15) is 13.2 Å². The third-order valence-electron chi connectivity index (χ3n) is 2.97. The van der Waals surface area contributed by atoms with Crippen molar-refractivity contribution in [1.29, 1.82) is 0 Å². The Kier molecular flexibility index (Phi) is 3.04. The van der Waals surface area contributed by atoms with Gasteiger partial charge in [0.25, 0.3) is 0 Å². The van der Waals surface area contributed by atoms with Crippen LogP contribution in [0.4, 0.5) is 17.6 Å². The molecular formula is C14H7F4N3. The second-order valence-corrected chi connectivity index (χ2v) is 4.30. The van der Waals surface area contributed by atoms with Crippen LogP contribution in [0.25, 0.3) is 22.2 Å². The molecule has 0 fully saturated rings. The molecule has 3 aromatic rings. The minimum atomic E-state index is -4.55. The van der Waals surface area contributed by atoms with Crippen molar-refractivity contribution in [3.63, 3.8) is 0 Å². The Morgan fingerprint density at radius 3 is 2.43 bits per heavy atom. The molecule has 3 nitrogen and oxygen atoms in total. The van der Waals surface area contributed by atoms with Gasteiger partial charge in [-0.3, -0.25) is 15.0 Å². The minimum absolute atomic E-state index is 0.171. The van der Waals surface area contributed by atoms with Crippen LogP contribution >= 0.6 is 0 Å². The van der Waals surface area contributed by atoms with E-state index in [-0.39, 0.29) is 11.1 Å². The van der Waals surface area contributed by atoms with Gasteiger partial charge in [0.05, 0.1) is 17.3 Å². The summed E-state index contributed by atoms with van der Waals surface area (Å²) in [6.07, 6.45) is 0.951. The molecule has 21 heavy (non-hydrogen) atoms. The first kappa shape index (κ1) is 13.4. The van der Waals surface area contributed by atoms with Gasteiger partial charge in [-0.15, -0.1) is 0 Å². The largest absolute Gasteiger partial charge is 0.416 e. The molecule has 3 rings (SSSR count). The first-order chi connectivity index (χ1) is 9.97. The number of benzene rings is 1. The first-order valence-electron chi connectivity index (χ1n) is 5.88. The molecular weight excluding hydrogens is 286 g/mol. The lowest BCUT2D eigenvalue weighted by Crippen LogP contribution is -2.05. The molecule has 0 saturated carbocycles. The van der Waals surface area contributed by atoms with Crippen LogP contribution in [-0.2, 0) is 6.18 Å². The van der Waals surface area contributed by atoms with Gasteiger partial charge in [-0.1, -0.05) is 0 Å². The summed E-state index contributed by atoms with van der Waals surface area (Å²) in [6.45, 7) is 0. The van der Waals surface area contributed by atoms with Crippen molar-refractivity contribution in [3.8, 4) is 11.1 Å². The average molecular weight is 293 g/mol. The molecule has 2 aromatic heterocycles. The topological polar surface area (TPSA) is 38.7 Å². The third kappa shape index (κ3) is 2.42. The number of pyridine rings is 1. The van der Waals surface area contributed by atoms with Crippen molar-refractivity contribution in [2.45, 2.75) is 6.18 Å². The highest BCUT2D eigenvalue weighted by Crippen LogP contribution is 2.34. The molecule has 0 amide bonds. The van der Waals surface area contributed by atoms with Crippen LogP contribution in [0.1, 0.15) is 5.56 Å². The number of rotatable bonds is 1. The quantitative estimate of drug-likeness (QED) is 0.640. The summed E-state index contributed by atoms with van der Waals surface area (Å²) in [6, 6.07) is 2.23. The molecule has 7 heteroatoms. The molecule has 1 aromatic carbocycles. The summed E-state index contributed by atoms with van der Waals surface area (Å²) >= 11 is 0. The zero-order chi connectivity index (χ0) is 15.0. The lowest BCUT2D eigenvalue weighted by molar-refractivity contribution is -0.137. The summed E-state index contributed by atoms with van der Waals surface area (Å²) in [5.74, 6) is -0.775. The van der Waals surface area contributed by atoms with E-state index in [1.54, 1.807) is 0 Å². The molecule has 0 unspecified atom stereocenters. The maximum atomic E-state index is 13.9. The molecule has 0 radical (unpaired) electrons. The summed E-state index contributed by atoms with van der Waals surface area (Å²) < 4.78 is 52.2. The van der Waals surface area contributed by atoms with Crippen molar-refractivity contribution in [3.05, 3.63) is 54.4 Å². The minimum Gasteiger partial charge on any atom is -0.262 e. The van der Waals surface area contributed by atoms with Crippen molar-refractivity contribution in [1.82, 2.24) is 15.0 Å². The third-order valence-corrected chi connectivity index (χ3v) is 2.97. The SMILES string of the molecule is Fc1ccc(C(F)(F)F)cc1-c1cncc2nccnc12. The van der Waals surface area contributed by atoms with Crippen LogP contribution < -0.4 is 0 Å². The summed E-state index contributed by atoms with van der Waals surface area (Å²) in [5.41, 5.74) is -0.287. The van der Waals surface area contributed by atoms with E-state index in [9.17, 15) is 17.6 Å². The van der Waals surface area contributed by atoms with Gasteiger partial charge in [0.1, 0.15) is 11.3 Å². The maximum absolute atomic E-state index is 13.9. The maximum Gasteiger partial charge on any atom is 0.416 e. The summed E-state index contributed by atoms with van der Waals surface area (Å²) in [4.78, 5) is 11.9. The molecule has 0 atom stereocenters. The monoisotopic (exact) mass is 293 g/mol. The fourth-order valence-corrected chi connectivity index (χ4v) is 2.00. The van der Waals surface area contributed by atoms with Gasteiger partial charge >= 0.3 is 6.18 Å². The summed E-state index contributed by atoms with van der Waals surface area (Å²) in [7, 11) is 0. The van der Waals surface area contributed by atoms with Gasteiger partial charge in [-0.25, -0.2) is 4.39 Å². The lowest BCUT2D eigenvalue weighted by Gasteiger charge is -2.10. The van der Waals surface area contributed by atoms with Crippen LogP contribution in [0.3, 0.4) is 0 Å². The average Bonchev–Trinajstić information content (AvgIpc) is 2.46. The van der Waals surface area contributed by atoms with E-state index >= 15 is 0 Å². The second kappa shape index (κ2) is 4.76. The Morgan fingerprint density at radius 2 is 1.67 bits per heavy atom. The van der Waals surface area contributed by atoms with Gasteiger partial charge in [0.2, 0.25) is 0 Å². The molecule has 0 spiro atoms. The Balaban J connectivity index is 2.28. The van der Waals surface area contributed by atoms with Crippen LogP contribution in [0, 0.1) is 5.82 Å². The molecule has 2 heterocycles. The second-order valence-electron chi connectivity index (χ2n) is 4.30. The Morgan fingerprint density at radius 1 is 0.905 bits per heavy atom. The van der Waals surface area contributed by atoms with E-state index in [4.69, 9.17) is 0 Å². The van der Waals surface area contributed by atoms with E-state index in [0.717, 1.165) is 12.1 Å². The van der Waals surface area contributed by atoms with Gasteiger partial charge in [-0.05, 0) is 18.2 Å². The summed E-state index contributed by atoms with van der Waals surface area (Å²) in [5, 5.41) is 0. The number of nitrogens with zero attached hydrogens (tertiary/aromatic N) is 3. The number of halogens is 4. The Hall–Kier alpha value is -2.57. The molecule has 0 saturated heterocycles. The number of fused-ring (bicyclic) bond motifs is 1. The first-order valence-corrected chi connectivity index (χ1v) is 5.88. The zero-order valence-corrected chi connectivity index (χ0v) is 10.4. The predicted octanol–water partition coefficient (Wildman–Crippen LogP) is 3.85. The van der Waals surface area contributed by atoms with E-state index in [2.05, 4.69) is 15.0 Å². The van der Waals surface area contributed by atoms with Gasteiger partial charge in [0, 0.05) is 29.7 Å². The van der Waals surface area contributed by atoms with E-state index in [0.29, 0.717) is 17.1 Å². The number of alkyl halides is 3. The highest BCUT2D eigenvalue weighted by atomic mass is 19.4. The van der Waals surface area contributed by atoms with Crippen LogP contribution in [0.5, 0.6) is 0 Å². The fraction of sp³-hybridized carbons (Fsp3) is 0.0714. The number of hydrogen-bond donors (Lipinski definition) is 0. The normalized spacial score (nSPS) is 11.8. The van der Waals surface area contributed by atoms with E-state index in [1.807, 2.05) is 0 Å². The van der Waals surface area contributed by atoms with Crippen molar-refractivity contribution < 1.29 is 17.6 Å². The Bertz CT molecular complexity index is 809. The zero-order valence-electron chi connectivity index (χ0n) is 10.4. The van der Waals surface area contributed by atoms with Crippen molar-refractivity contribution >= 4 is 11.0 Å². The number of aromatic nitrogens is 3.